The molecule has 0 heterocycles. The molecule has 2 N–H and O–H groups in total. The lowest BCUT2D eigenvalue weighted by Gasteiger charge is -2.10. The zero-order valence-corrected chi connectivity index (χ0v) is 16.4. The molecule has 1 amide bonds. The van der Waals surface area contributed by atoms with Crippen LogP contribution in [0, 0.1) is 11.7 Å². The molecule has 2 aromatic rings. The van der Waals surface area contributed by atoms with Crippen LogP contribution in [0.1, 0.15) is 25.0 Å². The van der Waals surface area contributed by atoms with E-state index in [1.54, 1.807) is 24.3 Å². The van der Waals surface area contributed by atoms with Gasteiger partial charge in [0.05, 0.1) is 11.3 Å². The average molecular weight is 392 g/mol. The van der Waals surface area contributed by atoms with Gasteiger partial charge in [0.2, 0.25) is 15.9 Å². The molecule has 0 aromatic heterocycles. The third kappa shape index (κ3) is 7.11. The van der Waals surface area contributed by atoms with E-state index < -0.39 is 15.8 Å². The standard InChI is InChI=1S/C20H25FN2O3S/c1-15(2)12-16-6-8-19(9-7-16)27(25,26)23-11-10-22-20(24)14-17-4-3-5-18(21)13-17/h3-9,13,15,23H,10-12,14H2,1-2H3,(H,22,24). The van der Waals surface area contributed by atoms with Gasteiger partial charge in [0.25, 0.3) is 0 Å². The first kappa shape index (κ1) is 21.1. The third-order valence-electron chi connectivity index (χ3n) is 3.87. The summed E-state index contributed by atoms with van der Waals surface area (Å²) in [6, 6.07) is 12.6. The monoisotopic (exact) mass is 392 g/mol. The zero-order valence-electron chi connectivity index (χ0n) is 15.5. The Morgan fingerprint density at radius 1 is 1.04 bits per heavy atom. The van der Waals surface area contributed by atoms with Crippen molar-refractivity contribution in [1.82, 2.24) is 10.0 Å². The van der Waals surface area contributed by atoms with Crippen LogP contribution in [0.15, 0.2) is 53.4 Å². The van der Waals surface area contributed by atoms with Crippen molar-refractivity contribution in [1.29, 1.82) is 0 Å². The van der Waals surface area contributed by atoms with Gasteiger partial charge < -0.3 is 5.32 Å². The molecule has 0 saturated carbocycles. The van der Waals surface area contributed by atoms with Crippen molar-refractivity contribution in [2.24, 2.45) is 5.92 Å². The predicted octanol–water partition coefficient (Wildman–Crippen LogP) is 2.66. The fourth-order valence-electron chi connectivity index (χ4n) is 2.64. The van der Waals surface area contributed by atoms with Gasteiger partial charge in [-0.3, -0.25) is 4.79 Å². The summed E-state index contributed by atoms with van der Waals surface area (Å²) in [4.78, 5) is 12.0. The van der Waals surface area contributed by atoms with Gasteiger partial charge in [0, 0.05) is 13.1 Å². The third-order valence-corrected chi connectivity index (χ3v) is 5.35. The van der Waals surface area contributed by atoms with E-state index in [4.69, 9.17) is 0 Å². The maximum Gasteiger partial charge on any atom is 0.240 e. The number of sulfonamides is 1. The smallest absolute Gasteiger partial charge is 0.240 e. The maximum atomic E-state index is 13.1. The summed E-state index contributed by atoms with van der Waals surface area (Å²) in [5, 5.41) is 2.62. The number of halogens is 1. The highest BCUT2D eigenvalue weighted by Crippen LogP contribution is 2.13. The maximum absolute atomic E-state index is 13.1. The number of carbonyl (C=O) groups is 1. The number of amides is 1. The predicted molar refractivity (Wildman–Crippen MR) is 103 cm³/mol. The van der Waals surface area contributed by atoms with E-state index in [9.17, 15) is 17.6 Å². The molecular formula is C20H25FN2O3S. The first-order chi connectivity index (χ1) is 12.8. The molecule has 5 nitrogen and oxygen atoms in total. The minimum absolute atomic E-state index is 0.0435. The summed E-state index contributed by atoms with van der Waals surface area (Å²) in [5.41, 5.74) is 1.66. The fraction of sp³-hybridized carbons (Fsp3) is 0.350. The quantitative estimate of drug-likeness (QED) is 0.644. The van der Waals surface area contributed by atoms with Gasteiger partial charge in [-0.15, -0.1) is 0 Å². The normalized spacial score (nSPS) is 11.6. The summed E-state index contributed by atoms with van der Waals surface area (Å²) < 4.78 is 40.1. The molecule has 0 aliphatic heterocycles. The first-order valence-corrected chi connectivity index (χ1v) is 10.3. The van der Waals surface area contributed by atoms with E-state index in [1.807, 2.05) is 12.1 Å². The Hall–Kier alpha value is -2.25. The van der Waals surface area contributed by atoms with Crippen LogP contribution in [-0.2, 0) is 27.7 Å². The summed E-state index contributed by atoms with van der Waals surface area (Å²) in [5.74, 6) is -0.188. The van der Waals surface area contributed by atoms with Gasteiger partial charge in [-0.05, 0) is 47.7 Å². The lowest BCUT2D eigenvalue weighted by atomic mass is 10.0. The van der Waals surface area contributed by atoms with Gasteiger partial charge in [-0.2, -0.15) is 0 Å². The van der Waals surface area contributed by atoms with E-state index in [-0.39, 0.29) is 30.3 Å². The SMILES string of the molecule is CC(C)Cc1ccc(S(=O)(=O)NCCNC(=O)Cc2cccc(F)c2)cc1. The van der Waals surface area contributed by atoms with Crippen LogP contribution >= 0.6 is 0 Å². The summed E-state index contributed by atoms with van der Waals surface area (Å²) in [6.45, 7) is 4.44. The molecular weight excluding hydrogens is 367 g/mol. The Morgan fingerprint density at radius 2 is 1.74 bits per heavy atom. The molecule has 7 heteroatoms. The highest BCUT2D eigenvalue weighted by molar-refractivity contribution is 7.89. The molecule has 146 valence electrons. The first-order valence-electron chi connectivity index (χ1n) is 8.86. The molecule has 0 fully saturated rings. The molecule has 0 bridgehead atoms. The summed E-state index contributed by atoms with van der Waals surface area (Å²) in [6.07, 6.45) is 0.937. The Balaban J connectivity index is 1.79. The molecule has 2 rings (SSSR count). The van der Waals surface area contributed by atoms with Crippen molar-refractivity contribution in [2.75, 3.05) is 13.1 Å². The largest absolute Gasteiger partial charge is 0.355 e. The number of carbonyl (C=O) groups excluding carboxylic acids is 1. The van der Waals surface area contributed by atoms with Crippen molar-refractivity contribution < 1.29 is 17.6 Å². The molecule has 0 spiro atoms. The Labute approximate surface area is 160 Å². The van der Waals surface area contributed by atoms with Gasteiger partial charge in [-0.1, -0.05) is 38.1 Å². The molecule has 0 aliphatic carbocycles. The summed E-state index contributed by atoms with van der Waals surface area (Å²) >= 11 is 0. The van der Waals surface area contributed by atoms with E-state index in [1.165, 1.54) is 12.1 Å². The van der Waals surface area contributed by atoms with Crippen LogP contribution in [-0.4, -0.2) is 27.4 Å². The number of benzene rings is 2. The van der Waals surface area contributed by atoms with Crippen molar-refractivity contribution in [3.8, 4) is 0 Å². The minimum atomic E-state index is -3.62. The summed E-state index contributed by atoms with van der Waals surface area (Å²) in [7, 11) is -3.62. The van der Waals surface area contributed by atoms with E-state index in [0.29, 0.717) is 11.5 Å². The van der Waals surface area contributed by atoms with E-state index in [0.717, 1.165) is 12.0 Å². The molecule has 0 aliphatic rings. The van der Waals surface area contributed by atoms with Gasteiger partial charge in [0.15, 0.2) is 0 Å². The Bertz CT molecular complexity index is 865. The second-order valence-corrected chi connectivity index (χ2v) is 8.56. The molecule has 27 heavy (non-hydrogen) atoms. The van der Waals surface area contributed by atoms with Gasteiger partial charge in [0.1, 0.15) is 5.82 Å². The lowest BCUT2D eigenvalue weighted by molar-refractivity contribution is -0.120. The molecule has 0 saturated heterocycles. The topological polar surface area (TPSA) is 75.3 Å². The average Bonchev–Trinajstić information content (AvgIpc) is 2.59. The van der Waals surface area contributed by atoms with Crippen LogP contribution < -0.4 is 10.0 Å². The number of nitrogens with one attached hydrogen (secondary N) is 2. The second-order valence-electron chi connectivity index (χ2n) is 6.80. The van der Waals surface area contributed by atoms with Crippen molar-refractivity contribution in [2.45, 2.75) is 31.6 Å². The second kappa shape index (κ2) is 9.62. The molecule has 0 unspecified atom stereocenters. The van der Waals surface area contributed by atoms with E-state index >= 15 is 0 Å². The number of hydrogen-bond donors (Lipinski definition) is 2. The number of hydrogen-bond acceptors (Lipinski definition) is 3. The molecule has 2 aromatic carbocycles. The van der Waals surface area contributed by atoms with Crippen molar-refractivity contribution >= 4 is 15.9 Å². The Kier molecular flexibility index (Phi) is 7.50. The van der Waals surface area contributed by atoms with Crippen LogP contribution in [0.3, 0.4) is 0 Å². The Morgan fingerprint density at radius 3 is 2.37 bits per heavy atom. The van der Waals surface area contributed by atoms with Crippen LogP contribution in [0.2, 0.25) is 0 Å². The lowest BCUT2D eigenvalue weighted by Crippen LogP contribution is -2.35. The van der Waals surface area contributed by atoms with Crippen LogP contribution in [0.25, 0.3) is 0 Å². The zero-order chi connectivity index (χ0) is 19.9. The van der Waals surface area contributed by atoms with Crippen molar-refractivity contribution in [3.05, 3.63) is 65.5 Å². The van der Waals surface area contributed by atoms with Crippen LogP contribution in [0.5, 0.6) is 0 Å². The highest BCUT2D eigenvalue weighted by Gasteiger charge is 2.13. The molecule has 0 atom stereocenters. The number of rotatable bonds is 9. The fourth-order valence-corrected chi connectivity index (χ4v) is 3.67. The van der Waals surface area contributed by atoms with Crippen molar-refractivity contribution in [3.63, 3.8) is 0 Å². The molecule has 0 radical (unpaired) electrons. The van der Waals surface area contributed by atoms with Gasteiger partial charge >= 0.3 is 0 Å². The highest BCUT2D eigenvalue weighted by atomic mass is 32.2. The van der Waals surface area contributed by atoms with Crippen LogP contribution in [0.4, 0.5) is 4.39 Å². The van der Waals surface area contributed by atoms with E-state index in [2.05, 4.69) is 23.9 Å². The minimum Gasteiger partial charge on any atom is -0.355 e. The van der Waals surface area contributed by atoms with Gasteiger partial charge in [-0.25, -0.2) is 17.5 Å².